The second kappa shape index (κ2) is 6.19. The number of hydrogen-bond acceptors (Lipinski definition) is 1. The van der Waals surface area contributed by atoms with Crippen molar-refractivity contribution in [3.8, 4) is 0 Å². The van der Waals surface area contributed by atoms with Crippen LogP contribution in [0.15, 0.2) is 48.5 Å². The van der Waals surface area contributed by atoms with Gasteiger partial charge < -0.3 is 5.32 Å². The summed E-state index contributed by atoms with van der Waals surface area (Å²) in [7, 11) is 0. The Hall–Kier alpha value is -2.00. The van der Waals surface area contributed by atoms with Gasteiger partial charge in [0.25, 0.3) is 0 Å². The van der Waals surface area contributed by atoms with Gasteiger partial charge in [-0.3, -0.25) is 4.90 Å². The Kier molecular flexibility index (Phi) is 4.11. The molecule has 2 aromatic carbocycles. The fraction of sp³-hybridized carbons (Fsp3) is 0.235. The van der Waals surface area contributed by atoms with E-state index < -0.39 is 0 Å². The van der Waals surface area contributed by atoms with Crippen molar-refractivity contribution in [3.05, 3.63) is 59.1 Å². The summed E-state index contributed by atoms with van der Waals surface area (Å²) in [5.74, 6) is 0. The van der Waals surface area contributed by atoms with Gasteiger partial charge in [0.15, 0.2) is 0 Å². The number of rotatable bonds is 1. The van der Waals surface area contributed by atoms with Crippen LogP contribution in [0.5, 0.6) is 0 Å². The van der Waals surface area contributed by atoms with Crippen LogP contribution in [0, 0.1) is 0 Å². The van der Waals surface area contributed by atoms with Crippen LogP contribution in [0.3, 0.4) is 0 Å². The van der Waals surface area contributed by atoms with Gasteiger partial charge in [0, 0.05) is 22.9 Å². The molecule has 0 saturated carbocycles. The van der Waals surface area contributed by atoms with Gasteiger partial charge in [0.1, 0.15) is 0 Å². The zero-order valence-electron chi connectivity index (χ0n) is 11.7. The molecule has 1 heterocycles. The molecular weight excluding hydrogens is 284 g/mol. The number of fused-ring (bicyclic) bond motifs is 1. The van der Waals surface area contributed by atoms with Crippen LogP contribution in [0.25, 0.3) is 0 Å². The Balaban J connectivity index is 1.86. The van der Waals surface area contributed by atoms with Crippen molar-refractivity contribution in [2.24, 2.45) is 0 Å². The van der Waals surface area contributed by atoms with Crippen LogP contribution in [0.1, 0.15) is 18.4 Å². The molecule has 3 rings (SSSR count). The van der Waals surface area contributed by atoms with Gasteiger partial charge in [-0.05, 0) is 55.2 Å². The van der Waals surface area contributed by atoms with E-state index in [1.165, 1.54) is 0 Å². The number of benzene rings is 2. The molecule has 0 atom stereocenters. The van der Waals surface area contributed by atoms with Gasteiger partial charge in [-0.2, -0.15) is 0 Å². The average Bonchev–Trinajstić information content (AvgIpc) is 2.70. The Morgan fingerprint density at radius 2 is 1.90 bits per heavy atom. The summed E-state index contributed by atoms with van der Waals surface area (Å²) in [6.07, 6.45) is 3.03. The first-order valence-corrected chi connectivity index (χ1v) is 7.54. The Labute approximate surface area is 129 Å². The number of nitrogens with one attached hydrogen (secondary N) is 1. The highest BCUT2D eigenvalue weighted by Crippen LogP contribution is 2.29. The molecule has 2 amide bonds. The zero-order valence-corrected chi connectivity index (χ0v) is 12.4. The Bertz CT molecular complexity index is 642. The van der Waals surface area contributed by atoms with Gasteiger partial charge in [0.2, 0.25) is 0 Å². The van der Waals surface area contributed by atoms with Crippen LogP contribution < -0.4 is 10.2 Å². The Morgan fingerprint density at radius 3 is 2.71 bits per heavy atom. The molecule has 0 spiro atoms. The van der Waals surface area contributed by atoms with Crippen molar-refractivity contribution in [3.63, 3.8) is 0 Å². The number of halogens is 1. The maximum Gasteiger partial charge on any atom is 0.326 e. The van der Waals surface area contributed by atoms with Crippen molar-refractivity contribution in [1.82, 2.24) is 0 Å². The lowest BCUT2D eigenvalue weighted by Gasteiger charge is -2.23. The maximum atomic E-state index is 12.5. The molecule has 4 heteroatoms. The molecule has 1 aliphatic heterocycles. The smallest absolute Gasteiger partial charge is 0.308 e. The molecule has 0 aliphatic carbocycles. The fourth-order valence-electron chi connectivity index (χ4n) is 2.65. The minimum atomic E-state index is -0.0910. The molecule has 1 aliphatic rings. The van der Waals surface area contributed by atoms with Gasteiger partial charge in [-0.1, -0.05) is 29.8 Å². The van der Waals surface area contributed by atoms with Crippen molar-refractivity contribution >= 4 is 29.0 Å². The second-order valence-corrected chi connectivity index (χ2v) is 5.61. The number of anilines is 2. The van der Waals surface area contributed by atoms with E-state index in [2.05, 4.69) is 5.32 Å². The van der Waals surface area contributed by atoms with E-state index in [1.807, 2.05) is 53.4 Å². The third-order valence-corrected chi connectivity index (χ3v) is 3.92. The summed E-state index contributed by atoms with van der Waals surface area (Å²) < 4.78 is 0. The molecule has 0 bridgehead atoms. The van der Waals surface area contributed by atoms with E-state index in [1.54, 1.807) is 0 Å². The van der Waals surface area contributed by atoms with Crippen molar-refractivity contribution in [1.29, 1.82) is 0 Å². The van der Waals surface area contributed by atoms with E-state index in [4.69, 9.17) is 11.6 Å². The van der Waals surface area contributed by atoms with Crippen LogP contribution in [-0.4, -0.2) is 12.6 Å². The van der Waals surface area contributed by atoms with Gasteiger partial charge in [-0.15, -0.1) is 0 Å². The van der Waals surface area contributed by atoms with E-state index >= 15 is 0 Å². The number of nitrogens with zero attached hydrogens (tertiary/aromatic N) is 1. The lowest BCUT2D eigenvalue weighted by molar-refractivity contribution is 0.257. The third kappa shape index (κ3) is 3.19. The highest BCUT2D eigenvalue weighted by Gasteiger charge is 2.21. The zero-order chi connectivity index (χ0) is 14.7. The van der Waals surface area contributed by atoms with Crippen LogP contribution in [-0.2, 0) is 6.42 Å². The molecule has 1 N–H and O–H groups in total. The SMILES string of the molecule is O=C(Nc1ccccc1)N1CCCCc2cc(Cl)ccc21. The summed E-state index contributed by atoms with van der Waals surface area (Å²) in [4.78, 5) is 14.4. The quantitative estimate of drug-likeness (QED) is 0.812. The van der Waals surface area contributed by atoms with Crippen molar-refractivity contribution in [2.45, 2.75) is 19.3 Å². The molecule has 108 valence electrons. The minimum Gasteiger partial charge on any atom is -0.308 e. The first-order chi connectivity index (χ1) is 10.2. The van der Waals surface area contributed by atoms with E-state index in [9.17, 15) is 4.79 Å². The van der Waals surface area contributed by atoms with Crippen LogP contribution in [0.4, 0.5) is 16.2 Å². The summed E-state index contributed by atoms with van der Waals surface area (Å²) in [5, 5.41) is 3.67. The molecular formula is C17H17ClN2O. The molecule has 0 saturated heterocycles. The van der Waals surface area contributed by atoms with Gasteiger partial charge in [0.05, 0.1) is 0 Å². The molecule has 21 heavy (non-hydrogen) atoms. The highest BCUT2D eigenvalue weighted by atomic mass is 35.5. The summed E-state index contributed by atoms with van der Waals surface area (Å²) >= 11 is 6.07. The normalized spacial score (nSPS) is 14.2. The monoisotopic (exact) mass is 300 g/mol. The number of para-hydroxylation sites is 1. The molecule has 0 fully saturated rings. The number of hydrogen-bond donors (Lipinski definition) is 1. The second-order valence-electron chi connectivity index (χ2n) is 5.18. The molecule has 0 unspecified atom stereocenters. The number of aryl methyl sites for hydroxylation is 1. The number of carbonyl (C=O) groups is 1. The predicted octanol–water partition coefficient (Wildman–Crippen LogP) is 4.71. The van der Waals surface area contributed by atoms with Crippen LogP contribution >= 0.6 is 11.6 Å². The van der Waals surface area contributed by atoms with Crippen molar-refractivity contribution < 1.29 is 4.79 Å². The molecule has 0 radical (unpaired) electrons. The van der Waals surface area contributed by atoms with E-state index in [-0.39, 0.29) is 6.03 Å². The van der Waals surface area contributed by atoms with Gasteiger partial charge >= 0.3 is 6.03 Å². The third-order valence-electron chi connectivity index (χ3n) is 3.68. The van der Waals surface area contributed by atoms with Crippen LogP contribution in [0.2, 0.25) is 5.02 Å². The van der Waals surface area contributed by atoms with E-state index in [0.717, 1.165) is 47.8 Å². The first-order valence-electron chi connectivity index (χ1n) is 7.16. The molecule has 2 aromatic rings. The summed E-state index contributed by atoms with van der Waals surface area (Å²) in [6.45, 7) is 0.729. The lowest BCUT2D eigenvalue weighted by Crippen LogP contribution is -2.35. The largest absolute Gasteiger partial charge is 0.326 e. The van der Waals surface area contributed by atoms with Crippen molar-refractivity contribution in [2.75, 3.05) is 16.8 Å². The predicted molar refractivity (Wildman–Crippen MR) is 87.2 cm³/mol. The molecule has 0 aromatic heterocycles. The Morgan fingerprint density at radius 1 is 1.10 bits per heavy atom. The maximum absolute atomic E-state index is 12.5. The number of carbonyl (C=O) groups excluding carboxylic acids is 1. The lowest BCUT2D eigenvalue weighted by atomic mass is 10.1. The highest BCUT2D eigenvalue weighted by molar-refractivity contribution is 6.30. The van der Waals surface area contributed by atoms with Gasteiger partial charge in [-0.25, -0.2) is 4.79 Å². The first kappa shape index (κ1) is 14.0. The summed E-state index contributed by atoms with van der Waals surface area (Å²) in [6, 6.07) is 15.2. The number of urea groups is 1. The average molecular weight is 301 g/mol. The topological polar surface area (TPSA) is 32.3 Å². The minimum absolute atomic E-state index is 0.0910. The summed E-state index contributed by atoms with van der Waals surface area (Å²) in [5.41, 5.74) is 2.91. The molecule has 3 nitrogen and oxygen atoms in total. The van der Waals surface area contributed by atoms with E-state index in [0.29, 0.717) is 0 Å². The standard InChI is InChI=1S/C17H17ClN2O/c18-14-9-10-16-13(12-14)6-4-5-11-20(16)17(21)19-15-7-2-1-3-8-15/h1-3,7-10,12H,4-6,11H2,(H,19,21). The fourth-order valence-corrected chi connectivity index (χ4v) is 2.84. The number of amides is 2.